The quantitative estimate of drug-likeness (QED) is 0.247. The minimum Gasteiger partial charge on any atom is -0.447 e. The fourth-order valence-corrected chi connectivity index (χ4v) is 3.23. The predicted octanol–water partition coefficient (Wildman–Crippen LogP) is 4.79. The molecule has 3 aromatic rings. The fraction of sp³-hybridized carbons (Fsp3) is 0.0870. The van der Waals surface area contributed by atoms with Crippen LogP contribution in [0, 0.1) is 0 Å². The highest BCUT2D eigenvalue weighted by Gasteiger charge is 2.14. The van der Waals surface area contributed by atoms with E-state index in [1.807, 2.05) is 49.3 Å². The lowest BCUT2D eigenvalue weighted by atomic mass is 10.1. The normalized spacial score (nSPS) is 11.4. The van der Waals surface area contributed by atoms with Crippen LogP contribution in [-0.4, -0.2) is 32.1 Å². The number of halogens is 2. The van der Waals surface area contributed by atoms with Crippen LogP contribution in [0.15, 0.2) is 85.0 Å². The number of hydrogen-bond donors (Lipinski definition) is 2. The summed E-state index contributed by atoms with van der Waals surface area (Å²) in [5.41, 5.74) is 4.66. The molecule has 0 fully saturated rings. The smallest absolute Gasteiger partial charge is 0.287 e. The van der Waals surface area contributed by atoms with Gasteiger partial charge >= 0.3 is 0 Å². The van der Waals surface area contributed by atoms with Gasteiger partial charge in [-0.05, 0) is 67.8 Å². The lowest BCUT2D eigenvalue weighted by molar-refractivity contribution is -0.117. The molecule has 2 amide bonds. The summed E-state index contributed by atoms with van der Waals surface area (Å²) in [4.78, 5) is 27.4. The number of hydrogen-bond acceptors (Lipinski definition) is 5. The number of furan rings is 1. The van der Waals surface area contributed by atoms with Crippen LogP contribution in [0.4, 0.5) is 5.69 Å². The number of carbonyl (C=O) groups excluding carboxylic acids is 2. The number of hydrazone groups is 1. The maximum absolute atomic E-state index is 12.8. The summed E-state index contributed by atoms with van der Waals surface area (Å²) < 4.78 is 6.63. The Morgan fingerprint density at radius 2 is 1.72 bits per heavy atom. The van der Waals surface area contributed by atoms with Gasteiger partial charge in [0.05, 0.1) is 10.7 Å². The zero-order valence-corrected chi connectivity index (χ0v) is 20.5. The van der Waals surface area contributed by atoms with E-state index < -0.39 is 11.8 Å². The van der Waals surface area contributed by atoms with Gasteiger partial charge in [-0.2, -0.15) is 5.10 Å². The maximum atomic E-state index is 12.8. The largest absolute Gasteiger partial charge is 0.447 e. The van der Waals surface area contributed by atoms with Crippen molar-refractivity contribution < 1.29 is 14.0 Å². The van der Waals surface area contributed by atoms with E-state index in [0.717, 1.165) is 15.7 Å². The van der Waals surface area contributed by atoms with Crippen LogP contribution < -0.4 is 15.6 Å². The van der Waals surface area contributed by atoms with Crippen molar-refractivity contribution >= 4 is 61.7 Å². The Balaban J connectivity index is 1.81. The molecule has 0 saturated heterocycles. The zero-order valence-electron chi connectivity index (χ0n) is 17.3. The lowest BCUT2D eigenvalue weighted by Gasteiger charge is -2.12. The molecule has 0 spiro atoms. The minimum atomic E-state index is -0.577. The molecule has 0 bridgehead atoms. The standard InChI is InChI=1S/C23H20Br2N4O3/c1-29(2)17-10-8-15(9-11-17)12-20(27-22(30)16-6-4-3-5-7-16)23(31)28-26-14-18-13-19(24)21(25)32-18/h3-14H,1-2H3,(H,27,30)(H,28,31). The Morgan fingerprint density at radius 3 is 2.31 bits per heavy atom. The summed E-state index contributed by atoms with van der Waals surface area (Å²) in [6, 6.07) is 17.9. The average Bonchev–Trinajstić information content (AvgIpc) is 3.11. The summed E-state index contributed by atoms with van der Waals surface area (Å²) in [5, 5.41) is 6.59. The highest BCUT2D eigenvalue weighted by atomic mass is 79.9. The first-order valence-corrected chi connectivity index (χ1v) is 11.1. The molecule has 0 unspecified atom stereocenters. The molecule has 0 aliphatic carbocycles. The molecule has 1 aromatic heterocycles. The Kier molecular flexibility index (Phi) is 8.02. The van der Waals surface area contributed by atoms with Gasteiger partial charge in [0.25, 0.3) is 11.8 Å². The molecule has 2 aromatic carbocycles. The number of nitrogens with one attached hydrogen (secondary N) is 2. The Morgan fingerprint density at radius 1 is 1.03 bits per heavy atom. The predicted molar refractivity (Wildman–Crippen MR) is 132 cm³/mol. The van der Waals surface area contributed by atoms with Crippen molar-refractivity contribution in [2.45, 2.75) is 0 Å². The summed E-state index contributed by atoms with van der Waals surface area (Å²) in [6.45, 7) is 0. The van der Waals surface area contributed by atoms with Crippen molar-refractivity contribution in [1.29, 1.82) is 0 Å². The van der Waals surface area contributed by atoms with Gasteiger partial charge in [-0.25, -0.2) is 5.43 Å². The lowest BCUT2D eigenvalue weighted by Crippen LogP contribution is -2.32. The third kappa shape index (κ3) is 6.41. The fourth-order valence-electron chi connectivity index (χ4n) is 2.62. The van der Waals surface area contributed by atoms with Crippen molar-refractivity contribution in [3.63, 3.8) is 0 Å². The molecule has 0 aliphatic heterocycles. The first-order chi connectivity index (χ1) is 15.3. The van der Waals surface area contributed by atoms with Crippen molar-refractivity contribution in [1.82, 2.24) is 10.7 Å². The van der Waals surface area contributed by atoms with E-state index in [0.29, 0.717) is 16.0 Å². The van der Waals surface area contributed by atoms with Gasteiger partial charge in [0, 0.05) is 31.4 Å². The second-order valence-electron chi connectivity index (χ2n) is 6.83. The van der Waals surface area contributed by atoms with Crippen molar-refractivity contribution in [2.24, 2.45) is 5.10 Å². The van der Waals surface area contributed by atoms with E-state index in [1.165, 1.54) is 6.21 Å². The molecule has 9 heteroatoms. The van der Waals surface area contributed by atoms with E-state index in [2.05, 4.69) is 47.7 Å². The number of anilines is 1. The molecular formula is C23H20Br2N4O3. The van der Waals surface area contributed by atoms with E-state index in [-0.39, 0.29) is 5.70 Å². The van der Waals surface area contributed by atoms with Gasteiger partial charge in [0.15, 0.2) is 4.67 Å². The highest BCUT2D eigenvalue weighted by molar-refractivity contribution is 9.13. The van der Waals surface area contributed by atoms with Gasteiger partial charge in [-0.15, -0.1) is 0 Å². The summed E-state index contributed by atoms with van der Waals surface area (Å²) in [7, 11) is 3.88. The SMILES string of the molecule is CN(C)c1ccc(C=C(NC(=O)c2ccccc2)C(=O)NN=Cc2cc(Br)c(Br)o2)cc1. The summed E-state index contributed by atoms with van der Waals surface area (Å²) in [5.74, 6) is -0.547. The number of carbonyl (C=O) groups is 2. The molecule has 0 saturated carbocycles. The first-order valence-electron chi connectivity index (χ1n) is 9.47. The second kappa shape index (κ2) is 10.9. The number of benzene rings is 2. The molecule has 0 atom stereocenters. The molecule has 1 heterocycles. The Hall–Kier alpha value is -3.17. The summed E-state index contributed by atoms with van der Waals surface area (Å²) >= 11 is 6.55. The van der Waals surface area contributed by atoms with E-state index in [9.17, 15) is 9.59 Å². The second-order valence-corrected chi connectivity index (χ2v) is 8.41. The van der Waals surface area contributed by atoms with Gasteiger partial charge in [-0.3, -0.25) is 9.59 Å². The van der Waals surface area contributed by atoms with Crippen LogP contribution in [0.1, 0.15) is 21.7 Å². The molecule has 32 heavy (non-hydrogen) atoms. The molecule has 164 valence electrons. The molecule has 0 radical (unpaired) electrons. The van der Waals surface area contributed by atoms with Crippen LogP contribution in [0.25, 0.3) is 6.08 Å². The number of amides is 2. The first kappa shape index (κ1) is 23.5. The Labute approximate surface area is 202 Å². The number of nitrogens with zero attached hydrogens (tertiary/aromatic N) is 2. The molecule has 2 N–H and O–H groups in total. The van der Waals surface area contributed by atoms with Crippen LogP contribution in [0.2, 0.25) is 0 Å². The molecule has 7 nitrogen and oxygen atoms in total. The van der Waals surface area contributed by atoms with Crippen molar-refractivity contribution in [3.05, 3.63) is 92.4 Å². The van der Waals surface area contributed by atoms with E-state index in [1.54, 1.807) is 36.4 Å². The van der Waals surface area contributed by atoms with Crippen LogP contribution in [-0.2, 0) is 4.79 Å². The monoisotopic (exact) mass is 558 g/mol. The van der Waals surface area contributed by atoms with Crippen molar-refractivity contribution in [2.75, 3.05) is 19.0 Å². The van der Waals surface area contributed by atoms with Crippen LogP contribution in [0.3, 0.4) is 0 Å². The van der Waals surface area contributed by atoms with Crippen LogP contribution >= 0.6 is 31.9 Å². The third-order valence-corrected chi connectivity index (χ3v) is 5.98. The van der Waals surface area contributed by atoms with Gasteiger partial charge in [0.2, 0.25) is 0 Å². The third-order valence-electron chi connectivity index (χ3n) is 4.27. The average molecular weight is 560 g/mol. The van der Waals surface area contributed by atoms with Crippen molar-refractivity contribution in [3.8, 4) is 0 Å². The Bertz CT molecular complexity index is 1130. The van der Waals surface area contributed by atoms with E-state index in [4.69, 9.17) is 4.42 Å². The molecule has 3 rings (SSSR count). The minimum absolute atomic E-state index is 0.0513. The highest BCUT2D eigenvalue weighted by Crippen LogP contribution is 2.25. The van der Waals surface area contributed by atoms with Crippen LogP contribution in [0.5, 0.6) is 0 Å². The summed E-state index contributed by atoms with van der Waals surface area (Å²) in [6.07, 6.45) is 2.95. The van der Waals surface area contributed by atoms with Gasteiger partial charge in [-0.1, -0.05) is 30.3 Å². The maximum Gasteiger partial charge on any atom is 0.287 e. The van der Waals surface area contributed by atoms with Gasteiger partial charge < -0.3 is 14.6 Å². The van der Waals surface area contributed by atoms with E-state index >= 15 is 0 Å². The topological polar surface area (TPSA) is 86.9 Å². The van der Waals surface area contributed by atoms with Gasteiger partial charge in [0.1, 0.15) is 11.5 Å². The molecule has 0 aliphatic rings. The molecular weight excluding hydrogens is 540 g/mol. The number of rotatable bonds is 7. The zero-order chi connectivity index (χ0) is 23.1.